The summed E-state index contributed by atoms with van der Waals surface area (Å²) in [6.07, 6.45) is 12.9. The molecular formula is C19H33NO. The molecule has 0 spiro atoms. The van der Waals surface area contributed by atoms with Gasteiger partial charge >= 0.3 is 0 Å². The van der Waals surface area contributed by atoms with Gasteiger partial charge in [0.1, 0.15) is 0 Å². The molecule has 2 heteroatoms. The fourth-order valence-corrected chi connectivity index (χ4v) is 4.69. The summed E-state index contributed by atoms with van der Waals surface area (Å²) in [7, 11) is 0. The molecule has 0 aromatic carbocycles. The van der Waals surface area contributed by atoms with Crippen molar-refractivity contribution in [2.45, 2.75) is 96.5 Å². The maximum absolute atomic E-state index is 11.4. The van der Waals surface area contributed by atoms with E-state index in [1.54, 1.807) is 0 Å². The second-order valence-electron chi connectivity index (χ2n) is 7.93. The van der Waals surface area contributed by atoms with Crippen LogP contribution in [0.5, 0.6) is 0 Å². The summed E-state index contributed by atoms with van der Waals surface area (Å²) in [5.41, 5.74) is -1.21. The van der Waals surface area contributed by atoms with Crippen molar-refractivity contribution in [3.05, 3.63) is 0 Å². The number of hydrogen-bond acceptors (Lipinski definition) is 2. The van der Waals surface area contributed by atoms with Gasteiger partial charge in [-0.1, -0.05) is 58.8 Å². The first-order valence-electron chi connectivity index (χ1n) is 9.17. The highest BCUT2D eigenvalue weighted by atomic mass is 16.3. The summed E-state index contributed by atoms with van der Waals surface area (Å²) in [6.45, 7) is 4.59. The van der Waals surface area contributed by atoms with Crippen LogP contribution in [-0.2, 0) is 0 Å². The fourth-order valence-electron chi connectivity index (χ4n) is 4.69. The SMILES string of the molecule is CC(C)C1CCCC(O)(C2(C#N)CCCCCCC2)CC1. The fraction of sp³-hybridized carbons (Fsp3) is 0.947. The molecule has 2 aliphatic rings. The highest BCUT2D eigenvalue weighted by molar-refractivity contribution is 5.12. The molecule has 21 heavy (non-hydrogen) atoms. The van der Waals surface area contributed by atoms with E-state index >= 15 is 0 Å². The van der Waals surface area contributed by atoms with Crippen molar-refractivity contribution in [3.8, 4) is 6.07 Å². The van der Waals surface area contributed by atoms with Gasteiger partial charge < -0.3 is 5.11 Å². The minimum absolute atomic E-state index is 0.473. The highest BCUT2D eigenvalue weighted by Gasteiger charge is 2.50. The second-order valence-corrected chi connectivity index (χ2v) is 7.93. The number of rotatable bonds is 2. The van der Waals surface area contributed by atoms with E-state index < -0.39 is 11.0 Å². The molecule has 0 aromatic heterocycles. The minimum atomic E-state index is -0.733. The van der Waals surface area contributed by atoms with Crippen LogP contribution in [0.4, 0.5) is 0 Å². The zero-order chi connectivity index (χ0) is 15.3. The first kappa shape index (κ1) is 16.8. The third-order valence-electron chi connectivity index (χ3n) is 6.35. The molecule has 1 N–H and O–H groups in total. The van der Waals surface area contributed by atoms with E-state index in [9.17, 15) is 10.4 Å². The van der Waals surface area contributed by atoms with Gasteiger partial charge in [0.05, 0.1) is 17.1 Å². The Bertz CT molecular complexity index is 362. The molecule has 2 saturated carbocycles. The Labute approximate surface area is 130 Å². The van der Waals surface area contributed by atoms with Gasteiger partial charge in [-0.05, 0) is 43.9 Å². The predicted molar refractivity (Wildman–Crippen MR) is 86.7 cm³/mol. The van der Waals surface area contributed by atoms with Crippen LogP contribution in [0, 0.1) is 28.6 Å². The van der Waals surface area contributed by atoms with Crippen molar-refractivity contribution in [1.82, 2.24) is 0 Å². The van der Waals surface area contributed by atoms with E-state index in [1.165, 1.54) is 25.7 Å². The van der Waals surface area contributed by atoms with Crippen LogP contribution in [0.1, 0.15) is 90.9 Å². The first-order valence-corrected chi connectivity index (χ1v) is 9.17. The summed E-state index contributed by atoms with van der Waals surface area (Å²) in [4.78, 5) is 0. The Morgan fingerprint density at radius 2 is 1.52 bits per heavy atom. The number of nitrogens with zero attached hydrogens (tertiary/aromatic N) is 1. The average Bonchev–Trinajstić information content (AvgIpc) is 2.62. The van der Waals surface area contributed by atoms with Crippen LogP contribution >= 0.6 is 0 Å². The van der Waals surface area contributed by atoms with E-state index in [-0.39, 0.29) is 0 Å². The smallest absolute Gasteiger partial charge is 0.0860 e. The number of hydrogen-bond donors (Lipinski definition) is 1. The Kier molecular flexibility index (Phi) is 5.72. The maximum Gasteiger partial charge on any atom is 0.0860 e. The normalized spacial score (nSPS) is 34.5. The van der Waals surface area contributed by atoms with Gasteiger partial charge in [-0.3, -0.25) is 0 Å². The van der Waals surface area contributed by atoms with Gasteiger partial charge in [0.2, 0.25) is 0 Å². The zero-order valence-corrected chi connectivity index (χ0v) is 14.0. The molecule has 2 rings (SSSR count). The van der Waals surface area contributed by atoms with Crippen LogP contribution < -0.4 is 0 Å². The number of nitriles is 1. The van der Waals surface area contributed by atoms with E-state index in [4.69, 9.17) is 0 Å². The summed E-state index contributed by atoms with van der Waals surface area (Å²) >= 11 is 0. The average molecular weight is 291 g/mol. The van der Waals surface area contributed by atoms with Crippen molar-refractivity contribution in [3.63, 3.8) is 0 Å². The molecule has 2 aliphatic carbocycles. The third kappa shape index (κ3) is 3.62. The van der Waals surface area contributed by atoms with Crippen LogP contribution in [0.15, 0.2) is 0 Å². The van der Waals surface area contributed by atoms with Crippen molar-refractivity contribution in [2.24, 2.45) is 17.3 Å². The lowest BCUT2D eigenvalue weighted by molar-refractivity contribution is -0.0796. The Hall–Kier alpha value is -0.550. The molecule has 0 saturated heterocycles. The van der Waals surface area contributed by atoms with Gasteiger partial charge in [-0.15, -0.1) is 0 Å². The Balaban J connectivity index is 2.16. The van der Waals surface area contributed by atoms with Gasteiger partial charge in [0, 0.05) is 0 Å². The van der Waals surface area contributed by atoms with Crippen molar-refractivity contribution < 1.29 is 5.11 Å². The van der Waals surface area contributed by atoms with Gasteiger partial charge in [-0.25, -0.2) is 0 Å². The molecule has 0 aliphatic heterocycles. The quantitative estimate of drug-likeness (QED) is 0.710. The van der Waals surface area contributed by atoms with Crippen molar-refractivity contribution in [2.75, 3.05) is 0 Å². The van der Waals surface area contributed by atoms with Crippen molar-refractivity contribution in [1.29, 1.82) is 5.26 Å². The molecule has 2 fully saturated rings. The van der Waals surface area contributed by atoms with E-state index in [1.807, 2.05) is 0 Å². The van der Waals surface area contributed by atoms with Crippen molar-refractivity contribution >= 4 is 0 Å². The Morgan fingerprint density at radius 3 is 2.10 bits per heavy atom. The largest absolute Gasteiger partial charge is 0.388 e. The summed E-state index contributed by atoms with van der Waals surface area (Å²) in [5.74, 6) is 1.42. The van der Waals surface area contributed by atoms with Crippen LogP contribution in [0.2, 0.25) is 0 Å². The molecule has 2 unspecified atom stereocenters. The lowest BCUT2D eigenvalue weighted by Gasteiger charge is -2.44. The van der Waals surface area contributed by atoms with Gasteiger partial charge in [0.25, 0.3) is 0 Å². The molecule has 0 aromatic rings. The summed E-state index contributed by atoms with van der Waals surface area (Å²) in [5, 5.41) is 21.4. The molecular weight excluding hydrogens is 258 g/mol. The lowest BCUT2D eigenvalue weighted by Crippen LogP contribution is -2.47. The van der Waals surface area contributed by atoms with Crippen LogP contribution in [0.25, 0.3) is 0 Å². The summed E-state index contributed by atoms with van der Waals surface area (Å²) < 4.78 is 0. The maximum atomic E-state index is 11.4. The molecule has 2 atom stereocenters. The highest BCUT2D eigenvalue weighted by Crippen LogP contribution is 2.50. The lowest BCUT2D eigenvalue weighted by atomic mass is 9.63. The standard InChI is InChI=1S/C19H33NO/c1-16(2)17-9-8-13-19(21,14-10-17)18(15-20)11-6-4-3-5-7-12-18/h16-17,21H,3-14H2,1-2H3. The minimum Gasteiger partial charge on any atom is -0.388 e. The van der Waals surface area contributed by atoms with E-state index in [0.717, 1.165) is 57.3 Å². The predicted octanol–water partition coefficient (Wildman–Crippen LogP) is 5.21. The summed E-state index contributed by atoms with van der Waals surface area (Å²) in [6, 6.07) is 2.62. The zero-order valence-electron chi connectivity index (χ0n) is 14.0. The third-order valence-corrected chi connectivity index (χ3v) is 6.35. The van der Waals surface area contributed by atoms with E-state index in [0.29, 0.717) is 5.92 Å². The molecule has 0 radical (unpaired) electrons. The topological polar surface area (TPSA) is 44.0 Å². The molecule has 120 valence electrons. The van der Waals surface area contributed by atoms with Gasteiger partial charge in [-0.2, -0.15) is 5.26 Å². The number of aliphatic hydroxyl groups is 1. The van der Waals surface area contributed by atoms with Gasteiger partial charge in [0.15, 0.2) is 0 Å². The molecule has 2 nitrogen and oxygen atoms in total. The Morgan fingerprint density at radius 1 is 0.905 bits per heavy atom. The molecule has 0 amide bonds. The second kappa shape index (κ2) is 7.14. The van der Waals surface area contributed by atoms with Crippen LogP contribution in [-0.4, -0.2) is 10.7 Å². The first-order chi connectivity index (χ1) is 10.0. The van der Waals surface area contributed by atoms with Crippen LogP contribution in [0.3, 0.4) is 0 Å². The monoisotopic (exact) mass is 291 g/mol. The molecule has 0 heterocycles. The molecule has 0 bridgehead atoms. The van der Waals surface area contributed by atoms with E-state index in [2.05, 4.69) is 19.9 Å².